The molecule has 3 rings (SSSR count). The van der Waals surface area contributed by atoms with Crippen molar-refractivity contribution in [1.82, 2.24) is 15.1 Å². The van der Waals surface area contributed by atoms with Gasteiger partial charge in [-0.05, 0) is 37.6 Å². The van der Waals surface area contributed by atoms with Crippen LogP contribution in [0.4, 0.5) is 10.1 Å². The van der Waals surface area contributed by atoms with Gasteiger partial charge in [0, 0.05) is 57.4 Å². The first-order chi connectivity index (χ1) is 11.6. The molecule has 0 saturated carbocycles. The van der Waals surface area contributed by atoms with E-state index in [9.17, 15) is 9.18 Å². The van der Waals surface area contributed by atoms with E-state index in [0.717, 1.165) is 45.8 Å². The van der Waals surface area contributed by atoms with E-state index in [4.69, 9.17) is 0 Å². The van der Waals surface area contributed by atoms with Gasteiger partial charge >= 0.3 is 0 Å². The third-order valence-electron chi connectivity index (χ3n) is 5.07. The van der Waals surface area contributed by atoms with Gasteiger partial charge in [0.25, 0.3) is 0 Å². The molecule has 2 saturated heterocycles. The van der Waals surface area contributed by atoms with Crippen LogP contribution in [0.15, 0.2) is 18.2 Å². The standard InChI is InChI=1S/C18H27FN4O/c1-14-2-3-15(12-17(14)19)21-18(24)5-7-22-8-10-23(11-9-22)16-4-6-20-13-16/h2-3,12,16,20H,4-11,13H2,1H3,(H,21,24)/t16-/m0/s1. The molecule has 24 heavy (non-hydrogen) atoms. The van der Waals surface area contributed by atoms with Crippen molar-refractivity contribution in [3.63, 3.8) is 0 Å². The number of hydrogen-bond donors (Lipinski definition) is 2. The van der Waals surface area contributed by atoms with Crippen LogP contribution >= 0.6 is 0 Å². The van der Waals surface area contributed by atoms with Crippen molar-refractivity contribution in [3.05, 3.63) is 29.6 Å². The smallest absolute Gasteiger partial charge is 0.225 e. The van der Waals surface area contributed by atoms with E-state index in [2.05, 4.69) is 20.4 Å². The summed E-state index contributed by atoms with van der Waals surface area (Å²) in [6.07, 6.45) is 1.69. The molecule has 0 unspecified atom stereocenters. The monoisotopic (exact) mass is 334 g/mol. The summed E-state index contributed by atoms with van der Waals surface area (Å²) >= 11 is 0. The lowest BCUT2D eigenvalue weighted by atomic mass is 10.2. The van der Waals surface area contributed by atoms with E-state index in [1.807, 2.05) is 0 Å². The van der Waals surface area contributed by atoms with Gasteiger partial charge in [-0.15, -0.1) is 0 Å². The second kappa shape index (κ2) is 8.05. The first-order valence-corrected chi connectivity index (χ1v) is 8.85. The van der Waals surface area contributed by atoms with E-state index in [1.165, 1.54) is 12.5 Å². The summed E-state index contributed by atoms with van der Waals surface area (Å²) in [5, 5.41) is 6.20. The first kappa shape index (κ1) is 17.3. The lowest BCUT2D eigenvalue weighted by Crippen LogP contribution is -2.51. The summed E-state index contributed by atoms with van der Waals surface area (Å²) in [6.45, 7) is 8.90. The molecule has 2 aliphatic rings. The van der Waals surface area contributed by atoms with Crippen molar-refractivity contribution in [3.8, 4) is 0 Å². The van der Waals surface area contributed by atoms with Crippen LogP contribution in [0.5, 0.6) is 0 Å². The molecular formula is C18H27FN4O. The zero-order chi connectivity index (χ0) is 16.9. The lowest BCUT2D eigenvalue weighted by molar-refractivity contribution is -0.116. The molecule has 1 aromatic rings. The molecule has 2 N–H and O–H groups in total. The maximum Gasteiger partial charge on any atom is 0.225 e. The molecule has 132 valence electrons. The third-order valence-corrected chi connectivity index (χ3v) is 5.07. The average molecular weight is 334 g/mol. The maximum absolute atomic E-state index is 13.5. The molecule has 6 heteroatoms. The Balaban J connectivity index is 1.38. The molecular weight excluding hydrogens is 307 g/mol. The number of aryl methyl sites for hydroxylation is 1. The third kappa shape index (κ3) is 4.53. The van der Waals surface area contributed by atoms with Gasteiger partial charge in [0.05, 0.1) is 0 Å². The highest BCUT2D eigenvalue weighted by Crippen LogP contribution is 2.15. The number of anilines is 1. The molecule has 0 spiro atoms. The van der Waals surface area contributed by atoms with Crippen molar-refractivity contribution < 1.29 is 9.18 Å². The van der Waals surface area contributed by atoms with Gasteiger partial charge in [0.2, 0.25) is 5.91 Å². The molecule has 0 aliphatic carbocycles. The predicted molar refractivity (Wildman–Crippen MR) is 93.7 cm³/mol. The van der Waals surface area contributed by atoms with Crippen molar-refractivity contribution in [2.45, 2.75) is 25.8 Å². The molecule has 0 aromatic heterocycles. The number of nitrogens with zero attached hydrogens (tertiary/aromatic N) is 2. The number of rotatable bonds is 5. The molecule has 0 bridgehead atoms. The van der Waals surface area contributed by atoms with Gasteiger partial charge in [-0.25, -0.2) is 4.39 Å². The summed E-state index contributed by atoms with van der Waals surface area (Å²) in [5.74, 6) is -0.342. The van der Waals surface area contributed by atoms with Crippen LogP contribution in [-0.2, 0) is 4.79 Å². The fraction of sp³-hybridized carbons (Fsp3) is 0.611. The zero-order valence-corrected chi connectivity index (χ0v) is 14.4. The van der Waals surface area contributed by atoms with Gasteiger partial charge in [0.15, 0.2) is 0 Å². The van der Waals surface area contributed by atoms with Crippen LogP contribution in [0.25, 0.3) is 0 Å². The number of halogens is 1. The van der Waals surface area contributed by atoms with Gasteiger partial charge in [-0.2, -0.15) is 0 Å². The maximum atomic E-state index is 13.5. The number of carbonyl (C=O) groups is 1. The first-order valence-electron chi connectivity index (χ1n) is 8.85. The zero-order valence-electron chi connectivity index (χ0n) is 14.4. The second-order valence-electron chi connectivity index (χ2n) is 6.79. The highest BCUT2D eigenvalue weighted by molar-refractivity contribution is 5.90. The topological polar surface area (TPSA) is 47.6 Å². The molecule has 0 radical (unpaired) electrons. The SMILES string of the molecule is Cc1ccc(NC(=O)CCN2CCN([C@H]3CCNC3)CC2)cc1F. The molecule has 2 aliphatic heterocycles. The lowest BCUT2D eigenvalue weighted by Gasteiger charge is -2.37. The van der Waals surface area contributed by atoms with Crippen LogP contribution in [-0.4, -0.2) is 67.6 Å². The van der Waals surface area contributed by atoms with Crippen LogP contribution in [0.3, 0.4) is 0 Å². The van der Waals surface area contributed by atoms with Crippen LogP contribution < -0.4 is 10.6 Å². The Morgan fingerprint density at radius 2 is 2.12 bits per heavy atom. The number of hydrogen-bond acceptors (Lipinski definition) is 4. The number of benzene rings is 1. The molecule has 2 heterocycles. The minimum atomic E-state index is -0.287. The summed E-state index contributed by atoms with van der Waals surface area (Å²) < 4.78 is 13.5. The van der Waals surface area contributed by atoms with E-state index >= 15 is 0 Å². The Hall–Kier alpha value is -1.50. The molecule has 1 atom stereocenters. The predicted octanol–water partition coefficient (Wildman–Crippen LogP) is 1.44. The van der Waals surface area contributed by atoms with Crippen molar-refractivity contribution >= 4 is 11.6 Å². The van der Waals surface area contributed by atoms with Gasteiger partial charge in [-0.1, -0.05) is 6.07 Å². The summed E-state index contributed by atoms with van der Waals surface area (Å²) in [5.41, 5.74) is 1.12. The highest BCUT2D eigenvalue weighted by atomic mass is 19.1. The van der Waals surface area contributed by atoms with Crippen molar-refractivity contribution in [2.24, 2.45) is 0 Å². The van der Waals surface area contributed by atoms with E-state index in [-0.39, 0.29) is 11.7 Å². The Morgan fingerprint density at radius 1 is 1.33 bits per heavy atom. The van der Waals surface area contributed by atoms with Crippen molar-refractivity contribution in [1.29, 1.82) is 0 Å². The number of nitrogens with one attached hydrogen (secondary N) is 2. The summed E-state index contributed by atoms with van der Waals surface area (Å²) in [6, 6.07) is 5.49. The van der Waals surface area contributed by atoms with Crippen LogP contribution in [0.1, 0.15) is 18.4 Å². The van der Waals surface area contributed by atoms with Gasteiger partial charge in [0.1, 0.15) is 5.82 Å². The largest absolute Gasteiger partial charge is 0.326 e. The quantitative estimate of drug-likeness (QED) is 0.856. The molecule has 2 fully saturated rings. The van der Waals surface area contributed by atoms with Crippen molar-refractivity contribution in [2.75, 3.05) is 51.1 Å². The van der Waals surface area contributed by atoms with Crippen LogP contribution in [0, 0.1) is 12.7 Å². The normalized spacial score (nSPS) is 22.7. The minimum Gasteiger partial charge on any atom is -0.326 e. The molecule has 1 aromatic carbocycles. The number of carbonyl (C=O) groups excluding carboxylic acids is 1. The van der Waals surface area contributed by atoms with E-state index in [0.29, 0.717) is 23.7 Å². The Kier molecular flexibility index (Phi) is 5.81. The fourth-order valence-corrected chi connectivity index (χ4v) is 3.46. The Labute approximate surface area is 143 Å². The average Bonchev–Trinajstić information content (AvgIpc) is 3.11. The summed E-state index contributed by atoms with van der Waals surface area (Å²) in [4.78, 5) is 16.9. The summed E-state index contributed by atoms with van der Waals surface area (Å²) in [7, 11) is 0. The van der Waals surface area contributed by atoms with Gasteiger partial charge < -0.3 is 15.5 Å². The minimum absolute atomic E-state index is 0.0549. The fourth-order valence-electron chi connectivity index (χ4n) is 3.46. The Morgan fingerprint density at radius 3 is 2.79 bits per heavy atom. The van der Waals surface area contributed by atoms with Crippen LogP contribution in [0.2, 0.25) is 0 Å². The molecule has 1 amide bonds. The van der Waals surface area contributed by atoms with Gasteiger partial charge in [-0.3, -0.25) is 9.69 Å². The number of amides is 1. The van der Waals surface area contributed by atoms with E-state index < -0.39 is 0 Å². The molecule has 5 nitrogen and oxygen atoms in total. The van der Waals surface area contributed by atoms with E-state index in [1.54, 1.807) is 19.1 Å². The number of piperazine rings is 1. The highest BCUT2D eigenvalue weighted by Gasteiger charge is 2.25. The Bertz CT molecular complexity index is 566. The second-order valence-corrected chi connectivity index (χ2v) is 6.79.